The maximum absolute atomic E-state index is 14.9. The molecule has 1 unspecified atom stereocenters. The molecule has 2 aliphatic heterocycles. The molecular weight excluding hydrogens is 395 g/mol. The largest absolute Gasteiger partial charge is 0.423 e. The molecule has 0 saturated carbocycles. The molecule has 3 rings (SSSR count). The van der Waals surface area contributed by atoms with Gasteiger partial charge in [-0.05, 0) is 30.0 Å². The topological polar surface area (TPSA) is 102 Å². The van der Waals surface area contributed by atoms with Gasteiger partial charge >= 0.3 is 6.09 Å². The van der Waals surface area contributed by atoms with Crippen LogP contribution in [-0.2, 0) is 14.3 Å². The minimum absolute atomic E-state index is 0.126. The van der Waals surface area contributed by atoms with Gasteiger partial charge in [-0.25, -0.2) is 9.18 Å². The number of carbonyl (C=O) groups excluding carboxylic acids is 3. The van der Waals surface area contributed by atoms with Crippen molar-refractivity contribution >= 4 is 29.3 Å². The van der Waals surface area contributed by atoms with E-state index in [1.165, 1.54) is 22.8 Å². The highest BCUT2D eigenvalue weighted by Crippen LogP contribution is 2.33. The Hall–Kier alpha value is -2.88. The van der Waals surface area contributed by atoms with Crippen molar-refractivity contribution in [2.75, 3.05) is 49.6 Å². The number of amides is 3. The fourth-order valence-corrected chi connectivity index (χ4v) is 3.78. The Balaban J connectivity index is 1.68. The molecule has 0 radical (unpaired) electrons. The van der Waals surface area contributed by atoms with Crippen LogP contribution in [0.3, 0.4) is 0 Å². The number of anilines is 2. The van der Waals surface area contributed by atoms with Gasteiger partial charge < -0.3 is 25.0 Å². The highest BCUT2D eigenvalue weighted by atomic mass is 19.1. The van der Waals surface area contributed by atoms with Crippen LogP contribution in [0.2, 0.25) is 0 Å². The lowest BCUT2D eigenvalue weighted by Crippen LogP contribution is -2.38. The van der Waals surface area contributed by atoms with E-state index in [0.29, 0.717) is 31.0 Å². The van der Waals surface area contributed by atoms with Gasteiger partial charge in [-0.2, -0.15) is 0 Å². The normalized spacial score (nSPS) is 23.5. The van der Waals surface area contributed by atoms with Gasteiger partial charge in [0.1, 0.15) is 12.4 Å². The summed E-state index contributed by atoms with van der Waals surface area (Å²) in [5.74, 6) is -0.752. The monoisotopic (exact) mass is 422 g/mol. The Morgan fingerprint density at radius 3 is 2.70 bits per heavy atom. The third kappa shape index (κ3) is 4.48. The van der Waals surface area contributed by atoms with Crippen LogP contribution in [0, 0.1) is 17.7 Å². The molecule has 164 valence electrons. The summed E-state index contributed by atoms with van der Waals surface area (Å²) in [6, 6.07) is 4.57. The molecule has 3 atom stereocenters. The molecule has 9 nitrogen and oxygen atoms in total. The van der Waals surface area contributed by atoms with Crippen molar-refractivity contribution in [3.8, 4) is 0 Å². The van der Waals surface area contributed by atoms with Crippen LogP contribution >= 0.6 is 0 Å². The van der Waals surface area contributed by atoms with Gasteiger partial charge in [-0.15, -0.1) is 0 Å². The maximum atomic E-state index is 14.9. The van der Waals surface area contributed by atoms with Crippen molar-refractivity contribution in [3.05, 3.63) is 24.0 Å². The van der Waals surface area contributed by atoms with E-state index < -0.39 is 30.7 Å². The van der Waals surface area contributed by atoms with Gasteiger partial charge in [0.2, 0.25) is 11.8 Å². The average molecular weight is 422 g/mol. The Bertz CT molecular complexity index is 835. The highest BCUT2D eigenvalue weighted by molar-refractivity contribution is 5.90. The third-order valence-corrected chi connectivity index (χ3v) is 5.78. The first-order valence-corrected chi connectivity index (χ1v) is 9.84. The van der Waals surface area contributed by atoms with Gasteiger partial charge in [0.25, 0.3) is 0 Å². The van der Waals surface area contributed by atoms with Crippen molar-refractivity contribution < 1.29 is 28.6 Å². The summed E-state index contributed by atoms with van der Waals surface area (Å²) in [5, 5.41) is 11.5. The molecule has 0 spiro atoms. The molecule has 2 N–H and O–H groups in total. The van der Waals surface area contributed by atoms with Crippen molar-refractivity contribution in [1.29, 1.82) is 0 Å². The standard InChI is InChI=1S/C20H27FN4O5/c1-12-8-24(9-14(12)7-22-18(28)11-26)17-5-4-15(6-16(17)21)25-10-19(30-20(25)29)23(3)13(2)27/h4-6,12,14,19,26H,7-11H2,1-3H3,(H,22,28)/t12-,14+,19?/m1/s1. The van der Waals surface area contributed by atoms with Crippen LogP contribution in [0.25, 0.3) is 0 Å². The van der Waals surface area contributed by atoms with Crippen molar-refractivity contribution in [2.45, 2.75) is 20.1 Å². The Morgan fingerprint density at radius 1 is 1.33 bits per heavy atom. The second-order valence-corrected chi connectivity index (χ2v) is 7.82. The van der Waals surface area contributed by atoms with Crippen LogP contribution < -0.4 is 15.1 Å². The zero-order chi connectivity index (χ0) is 22.0. The quantitative estimate of drug-likeness (QED) is 0.702. The molecule has 2 fully saturated rings. The lowest BCUT2D eigenvalue weighted by molar-refractivity contribution is -0.134. The van der Waals surface area contributed by atoms with Gasteiger partial charge in [0.15, 0.2) is 6.23 Å². The molecule has 3 amide bonds. The summed E-state index contributed by atoms with van der Waals surface area (Å²) in [6.07, 6.45) is -1.35. The minimum Gasteiger partial charge on any atom is -0.423 e. The lowest BCUT2D eigenvalue weighted by atomic mass is 9.98. The number of nitrogens with zero attached hydrogens (tertiary/aromatic N) is 3. The van der Waals surface area contributed by atoms with E-state index >= 15 is 0 Å². The van der Waals surface area contributed by atoms with Crippen LogP contribution in [0.5, 0.6) is 0 Å². The SMILES string of the molecule is CC(=O)N(C)C1CN(c2ccc(N3C[C@H](CNC(=O)CO)[C@H](C)C3)c(F)c2)C(=O)O1. The molecule has 2 saturated heterocycles. The van der Waals surface area contributed by atoms with E-state index in [0.717, 1.165) is 0 Å². The zero-order valence-electron chi connectivity index (χ0n) is 17.3. The molecule has 0 aliphatic carbocycles. The number of hydrogen-bond donors (Lipinski definition) is 2. The second kappa shape index (κ2) is 8.86. The summed E-state index contributed by atoms with van der Waals surface area (Å²) >= 11 is 0. The summed E-state index contributed by atoms with van der Waals surface area (Å²) in [4.78, 5) is 39.5. The first-order valence-electron chi connectivity index (χ1n) is 9.84. The molecule has 30 heavy (non-hydrogen) atoms. The van der Waals surface area contributed by atoms with Crippen molar-refractivity contribution in [3.63, 3.8) is 0 Å². The number of hydrogen-bond acceptors (Lipinski definition) is 6. The number of cyclic esters (lactones) is 1. The van der Waals surface area contributed by atoms with Gasteiger partial charge in [0, 0.05) is 33.6 Å². The lowest BCUT2D eigenvalue weighted by Gasteiger charge is -2.22. The molecular formula is C20H27FN4O5. The third-order valence-electron chi connectivity index (χ3n) is 5.78. The summed E-state index contributed by atoms with van der Waals surface area (Å²) in [6.45, 7) is 4.61. The molecule has 1 aromatic rings. The van der Waals surface area contributed by atoms with E-state index in [2.05, 4.69) is 5.32 Å². The predicted molar refractivity (Wildman–Crippen MR) is 107 cm³/mol. The highest BCUT2D eigenvalue weighted by Gasteiger charge is 2.37. The van der Waals surface area contributed by atoms with E-state index in [9.17, 15) is 18.8 Å². The van der Waals surface area contributed by atoms with Crippen molar-refractivity contribution in [1.82, 2.24) is 10.2 Å². The number of ether oxygens (including phenoxy) is 1. The minimum atomic E-state index is -0.716. The van der Waals surface area contributed by atoms with Crippen LogP contribution in [0.15, 0.2) is 18.2 Å². The molecule has 1 aromatic carbocycles. The number of halogens is 1. The van der Waals surface area contributed by atoms with Gasteiger partial charge in [-0.3, -0.25) is 14.5 Å². The van der Waals surface area contributed by atoms with Crippen LogP contribution in [0.4, 0.5) is 20.6 Å². The Labute approximate surface area is 174 Å². The number of aliphatic hydroxyl groups excluding tert-OH is 1. The second-order valence-electron chi connectivity index (χ2n) is 7.82. The van der Waals surface area contributed by atoms with E-state index in [1.807, 2.05) is 11.8 Å². The van der Waals surface area contributed by atoms with E-state index in [4.69, 9.17) is 9.84 Å². The molecule has 0 aromatic heterocycles. The number of carbonyl (C=O) groups is 3. The van der Waals surface area contributed by atoms with E-state index in [1.54, 1.807) is 19.2 Å². The first kappa shape index (κ1) is 21.8. The number of aliphatic hydroxyl groups is 1. The Morgan fingerprint density at radius 2 is 2.07 bits per heavy atom. The van der Waals surface area contributed by atoms with Crippen LogP contribution in [0.1, 0.15) is 13.8 Å². The fourth-order valence-electron chi connectivity index (χ4n) is 3.78. The first-order chi connectivity index (χ1) is 14.2. The van der Waals surface area contributed by atoms with Gasteiger partial charge in [0.05, 0.1) is 17.9 Å². The zero-order valence-corrected chi connectivity index (χ0v) is 17.3. The summed E-state index contributed by atoms with van der Waals surface area (Å²) < 4.78 is 20.1. The van der Waals surface area contributed by atoms with E-state index in [-0.39, 0.29) is 24.3 Å². The van der Waals surface area contributed by atoms with Crippen LogP contribution in [-0.4, -0.2) is 74.0 Å². The number of nitrogens with one attached hydrogen (secondary N) is 1. The molecule has 10 heteroatoms. The fraction of sp³-hybridized carbons (Fsp3) is 0.550. The average Bonchev–Trinajstić information content (AvgIpc) is 3.27. The molecule has 0 bridgehead atoms. The maximum Gasteiger partial charge on any atom is 0.416 e. The van der Waals surface area contributed by atoms with Gasteiger partial charge in [-0.1, -0.05) is 6.92 Å². The van der Waals surface area contributed by atoms with Crippen molar-refractivity contribution in [2.24, 2.45) is 11.8 Å². The predicted octanol–water partition coefficient (Wildman–Crippen LogP) is 0.767. The summed E-state index contributed by atoms with van der Waals surface area (Å²) in [7, 11) is 1.54. The smallest absolute Gasteiger partial charge is 0.416 e. The Kier molecular flexibility index (Phi) is 6.45. The molecule has 2 aliphatic rings. The number of likely N-dealkylation sites (N-methyl/N-ethyl adjacent to an activating group) is 1. The molecule has 2 heterocycles. The number of rotatable bonds is 6. The number of benzene rings is 1. The summed E-state index contributed by atoms with van der Waals surface area (Å²) in [5.41, 5.74) is 0.784.